The molecular weight excluding hydrogens is 334 g/mol. The van der Waals surface area contributed by atoms with E-state index in [1.54, 1.807) is 4.90 Å². The predicted molar refractivity (Wildman–Crippen MR) is 103 cm³/mol. The average Bonchev–Trinajstić information content (AvgIpc) is 3.10. The van der Waals surface area contributed by atoms with Gasteiger partial charge in [-0.15, -0.1) is 12.4 Å². The van der Waals surface area contributed by atoms with E-state index < -0.39 is 0 Å². The molecule has 4 rings (SSSR count). The maximum Gasteiger partial charge on any atom is 0.237 e. The Hall–Kier alpha value is -0.790. The molecule has 142 valence electrons. The number of fused-ring (bicyclic) bond motifs is 3. The van der Waals surface area contributed by atoms with E-state index in [1.807, 2.05) is 0 Å². The molecule has 1 atom stereocenters. The van der Waals surface area contributed by atoms with Crippen LogP contribution in [0.15, 0.2) is 0 Å². The average molecular weight is 368 g/mol. The Morgan fingerprint density at radius 1 is 1.20 bits per heavy atom. The molecule has 1 N–H and O–H groups in total. The van der Waals surface area contributed by atoms with Gasteiger partial charge in [-0.2, -0.15) is 5.26 Å². The van der Waals surface area contributed by atoms with Gasteiger partial charge in [0.1, 0.15) is 6.04 Å². The largest absolute Gasteiger partial charge is 0.326 e. The van der Waals surface area contributed by atoms with Crippen LogP contribution in [0, 0.1) is 16.7 Å². The number of hydrogen-bond acceptors (Lipinski definition) is 3. The minimum Gasteiger partial charge on any atom is -0.326 e. The molecule has 0 unspecified atom stereocenters. The van der Waals surface area contributed by atoms with Gasteiger partial charge in [0.15, 0.2) is 0 Å². The number of nitriles is 1. The van der Waals surface area contributed by atoms with Gasteiger partial charge >= 0.3 is 0 Å². The molecule has 4 aliphatic rings. The fourth-order valence-corrected chi connectivity index (χ4v) is 5.22. The van der Waals surface area contributed by atoms with E-state index in [4.69, 9.17) is 5.26 Å². The van der Waals surface area contributed by atoms with E-state index in [2.05, 4.69) is 18.3 Å². The Balaban J connectivity index is 0.00000225. The molecule has 0 radical (unpaired) electrons. The van der Waals surface area contributed by atoms with Gasteiger partial charge in [-0.1, -0.05) is 26.2 Å². The first-order valence-corrected chi connectivity index (χ1v) is 10.1. The molecule has 2 bridgehead atoms. The quantitative estimate of drug-likeness (QED) is 0.686. The molecule has 4 nitrogen and oxygen atoms in total. The van der Waals surface area contributed by atoms with Crippen LogP contribution in [0.4, 0.5) is 0 Å². The van der Waals surface area contributed by atoms with Gasteiger partial charge in [0.2, 0.25) is 5.91 Å². The molecule has 3 saturated carbocycles. The summed E-state index contributed by atoms with van der Waals surface area (Å²) >= 11 is 0. The number of nitrogens with one attached hydrogen (secondary N) is 1. The standard InChI is InChI=1S/C20H33N3O.ClH/c1-2-3-4-7-19-8-11-20(12-9-19,13-10-19)22-16-18(24)23-14-5-6-17(23)15-21;/h17,22H,2-14,16H2,1H3;1H/t17-,19?,20?;/m0./s1. The molecule has 1 aliphatic heterocycles. The molecule has 0 aromatic rings. The topological polar surface area (TPSA) is 56.1 Å². The molecule has 0 aromatic heterocycles. The van der Waals surface area contributed by atoms with Crippen LogP contribution in [0.2, 0.25) is 0 Å². The predicted octanol–water partition coefficient (Wildman–Crippen LogP) is 4.19. The number of likely N-dealkylation sites (tertiary alicyclic amines) is 1. The van der Waals surface area contributed by atoms with Crippen molar-refractivity contribution in [3.8, 4) is 6.07 Å². The van der Waals surface area contributed by atoms with Crippen molar-refractivity contribution in [2.75, 3.05) is 13.1 Å². The van der Waals surface area contributed by atoms with Gasteiger partial charge in [0.25, 0.3) is 0 Å². The lowest BCUT2D eigenvalue weighted by atomic mass is 9.56. The summed E-state index contributed by atoms with van der Waals surface area (Å²) in [5, 5.41) is 12.8. The van der Waals surface area contributed by atoms with Crippen LogP contribution in [0.5, 0.6) is 0 Å². The van der Waals surface area contributed by atoms with Crippen molar-refractivity contribution in [2.24, 2.45) is 5.41 Å². The highest BCUT2D eigenvalue weighted by molar-refractivity contribution is 5.85. The number of carbonyl (C=O) groups is 1. The van der Waals surface area contributed by atoms with E-state index >= 15 is 0 Å². The molecule has 1 heterocycles. The highest BCUT2D eigenvalue weighted by Crippen LogP contribution is 2.54. The van der Waals surface area contributed by atoms with Gasteiger partial charge in [-0.3, -0.25) is 4.79 Å². The number of rotatable bonds is 7. The summed E-state index contributed by atoms with van der Waals surface area (Å²) in [6, 6.07) is 2.08. The maximum absolute atomic E-state index is 12.5. The molecule has 1 saturated heterocycles. The van der Waals surface area contributed by atoms with E-state index in [0.717, 1.165) is 19.4 Å². The zero-order valence-electron chi connectivity index (χ0n) is 15.7. The second-order valence-electron chi connectivity index (χ2n) is 8.47. The number of carbonyl (C=O) groups excluding carboxylic acids is 1. The highest BCUT2D eigenvalue weighted by atomic mass is 35.5. The van der Waals surface area contributed by atoms with Crippen LogP contribution < -0.4 is 5.32 Å². The van der Waals surface area contributed by atoms with Crippen LogP contribution in [0.1, 0.15) is 84.0 Å². The Labute approximate surface area is 159 Å². The van der Waals surface area contributed by atoms with Crippen LogP contribution in [-0.2, 0) is 4.79 Å². The van der Waals surface area contributed by atoms with Gasteiger partial charge in [0, 0.05) is 12.1 Å². The molecule has 3 aliphatic carbocycles. The smallest absolute Gasteiger partial charge is 0.237 e. The second-order valence-corrected chi connectivity index (χ2v) is 8.47. The highest BCUT2D eigenvalue weighted by Gasteiger charge is 2.48. The Bertz CT molecular complexity index is 477. The summed E-state index contributed by atoms with van der Waals surface area (Å²) in [5.41, 5.74) is 0.813. The van der Waals surface area contributed by atoms with Crippen LogP contribution >= 0.6 is 12.4 Å². The molecule has 25 heavy (non-hydrogen) atoms. The molecule has 4 fully saturated rings. The minimum absolute atomic E-state index is 0. The van der Waals surface area contributed by atoms with Crippen LogP contribution in [-0.4, -0.2) is 35.5 Å². The lowest BCUT2D eigenvalue weighted by Gasteiger charge is -2.54. The van der Waals surface area contributed by atoms with E-state index in [1.165, 1.54) is 64.2 Å². The van der Waals surface area contributed by atoms with Crippen molar-refractivity contribution in [3.63, 3.8) is 0 Å². The lowest BCUT2D eigenvalue weighted by Crippen LogP contribution is -2.57. The van der Waals surface area contributed by atoms with Crippen molar-refractivity contribution in [1.82, 2.24) is 10.2 Å². The summed E-state index contributed by atoms with van der Waals surface area (Å²) in [6.45, 7) is 3.45. The van der Waals surface area contributed by atoms with Crippen LogP contribution in [0.3, 0.4) is 0 Å². The lowest BCUT2D eigenvalue weighted by molar-refractivity contribution is -0.131. The SMILES string of the molecule is CCCCCC12CCC(NCC(=O)N3CCC[C@H]3C#N)(CC1)CC2.Cl. The molecular formula is C20H34ClN3O. The fourth-order valence-electron chi connectivity index (χ4n) is 5.22. The van der Waals surface area contributed by atoms with Gasteiger partial charge in [-0.25, -0.2) is 0 Å². The van der Waals surface area contributed by atoms with Crippen molar-refractivity contribution in [2.45, 2.75) is 95.6 Å². The zero-order valence-corrected chi connectivity index (χ0v) is 16.5. The van der Waals surface area contributed by atoms with Gasteiger partial charge in [0.05, 0.1) is 12.6 Å². The molecule has 0 aromatic carbocycles. The Morgan fingerprint density at radius 3 is 2.48 bits per heavy atom. The maximum atomic E-state index is 12.5. The first-order chi connectivity index (χ1) is 11.6. The molecule has 0 spiro atoms. The van der Waals surface area contributed by atoms with E-state index in [-0.39, 0.29) is 29.9 Å². The summed E-state index contributed by atoms with van der Waals surface area (Å²) in [7, 11) is 0. The Kier molecular flexibility index (Phi) is 7.17. The zero-order chi connectivity index (χ0) is 17.0. The Morgan fingerprint density at radius 2 is 1.88 bits per heavy atom. The number of hydrogen-bond donors (Lipinski definition) is 1. The van der Waals surface area contributed by atoms with Crippen molar-refractivity contribution in [1.29, 1.82) is 5.26 Å². The van der Waals surface area contributed by atoms with Crippen LogP contribution in [0.25, 0.3) is 0 Å². The third kappa shape index (κ3) is 4.49. The number of nitrogens with zero attached hydrogens (tertiary/aromatic N) is 2. The number of unbranched alkanes of at least 4 members (excludes halogenated alkanes) is 2. The molecule has 5 heteroatoms. The monoisotopic (exact) mass is 367 g/mol. The third-order valence-corrected chi connectivity index (χ3v) is 7.05. The summed E-state index contributed by atoms with van der Waals surface area (Å²) in [5.74, 6) is 0.124. The first kappa shape index (κ1) is 20.5. The van der Waals surface area contributed by atoms with Gasteiger partial charge < -0.3 is 10.2 Å². The second kappa shape index (κ2) is 8.73. The number of halogens is 1. The van der Waals surface area contributed by atoms with Crippen molar-refractivity contribution in [3.05, 3.63) is 0 Å². The molecule has 1 amide bonds. The fraction of sp³-hybridized carbons (Fsp3) is 0.900. The third-order valence-electron chi connectivity index (χ3n) is 7.05. The van der Waals surface area contributed by atoms with Crippen molar-refractivity contribution >= 4 is 18.3 Å². The summed E-state index contributed by atoms with van der Waals surface area (Å²) < 4.78 is 0. The summed E-state index contributed by atoms with van der Waals surface area (Å²) in [4.78, 5) is 14.3. The first-order valence-electron chi connectivity index (χ1n) is 10.1. The van der Waals surface area contributed by atoms with E-state index in [9.17, 15) is 4.79 Å². The van der Waals surface area contributed by atoms with Gasteiger partial charge in [-0.05, 0) is 63.2 Å². The van der Waals surface area contributed by atoms with E-state index in [0.29, 0.717) is 12.0 Å². The van der Waals surface area contributed by atoms with Crippen molar-refractivity contribution < 1.29 is 4.79 Å². The minimum atomic E-state index is -0.194. The number of amides is 1. The summed E-state index contributed by atoms with van der Waals surface area (Å²) in [6.07, 6.45) is 15.0. The normalized spacial score (nSPS) is 33.8.